The second-order valence-corrected chi connectivity index (χ2v) is 8.89. The SMILES string of the molecule is CC1CC(C)CN(CC2=[N+](Cc3ccccc3F)C3C(=O)N(C)C(=O)N(C)C3=N2)C1. The van der Waals surface area contributed by atoms with E-state index >= 15 is 0 Å². The molecule has 0 aliphatic carbocycles. The van der Waals surface area contributed by atoms with Gasteiger partial charge in [0.05, 0.1) is 0 Å². The van der Waals surface area contributed by atoms with E-state index in [2.05, 4.69) is 18.7 Å². The van der Waals surface area contributed by atoms with Crippen molar-refractivity contribution >= 4 is 23.6 Å². The molecule has 0 radical (unpaired) electrons. The first-order chi connectivity index (χ1) is 14.3. The van der Waals surface area contributed by atoms with Gasteiger partial charge in [0, 0.05) is 32.7 Å². The molecule has 0 saturated carbocycles. The quantitative estimate of drug-likeness (QED) is 0.709. The van der Waals surface area contributed by atoms with Gasteiger partial charge in [-0.1, -0.05) is 32.0 Å². The zero-order valence-corrected chi connectivity index (χ0v) is 18.0. The molecule has 4 rings (SSSR count). The van der Waals surface area contributed by atoms with Crippen LogP contribution in [0.25, 0.3) is 0 Å². The summed E-state index contributed by atoms with van der Waals surface area (Å²) in [6, 6.07) is 5.47. The minimum Gasteiger partial charge on any atom is -0.292 e. The highest BCUT2D eigenvalue weighted by atomic mass is 19.1. The topological polar surface area (TPSA) is 59.2 Å². The van der Waals surface area contributed by atoms with Gasteiger partial charge in [0.25, 0.3) is 17.8 Å². The molecule has 3 amide bonds. The maximum atomic E-state index is 14.4. The number of nitrogens with zero attached hydrogens (tertiary/aromatic N) is 5. The van der Waals surface area contributed by atoms with Crippen molar-refractivity contribution in [3.05, 3.63) is 35.6 Å². The molecule has 0 spiro atoms. The fourth-order valence-corrected chi connectivity index (χ4v) is 4.89. The largest absolute Gasteiger partial charge is 0.333 e. The lowest BCUT2D eigenvalue weighted by Crippen LogP contribution is -2.61. The first-order valence-electron chi connectivity index (χ1n) is 10.5. The molecule has 0 aromatic heterocycles. The van der Waals surface area contributed by atoms with Crippen LogP contribution in [0.15, 0.2) is 29.3 Å². The first kappa shape index (κ1) is 20.7. The molecule has 3 aliphatic rings. The van der Waals surface area contributed by atoms with Gasteiger partial charge in [-0.15, -0.1) is 0 Å². The highest BCUT2D eigenvalue weighted by Crippen LogP contribution is 2.24. The van der Waals surface area contributed by atoms with E-state index < -0.39 is 12.1 Å². The minimum absolute atomic E-state index is 0.222. The lowest BCUT2D eigenvalue weighted by Gasteiger charge is -2.34. The molecule has 160 valence electrons. The summed E-state index contributed by atoms with van der Waals surface area (Å²) in [5, 5.41) is 0. The number of piperidine rings is 1. The normalized spacial score (nSPS) is 27.6. The van der Waals surface area contributed by atoms with Gasteiger partial charge in [-0.25, -0.2) is 13.8 Å². The van der Waals surface area contributed by atoms with Crippen molar-refractivity contribution in [1.29, 1.82) is 0 Å². The molecule has 2 saturated heterocycles. The Morgan fingerprint density at radius 3 is 2.43 bits per heavy atom. The van der Waals surface area contributed by atoms with E-state index in [1.165, 1.54) is 24.4 Å². The third kappa shape index (κ3) is 3.64. The summed E-state index contributed by atoms with van der Waals surface area (Å²) in [5.74, 6) is 1.66. The van der Waals surface area contributed by atoms with Crippen LogP contribution in [-0.4, -0.2) is 82.7 Å². The molecule has 3 unspecified atom stereocenters. The van der Waals surface area contributed by atoms with E-state index in [1.54, 1.807) is 25.2 Å². The summed E-state index contributed by atoms with van der Waals surface area (Å²) in [7, 11) is 3.11. The van der Waals surface area contributed by atoms with Crippen LogP contribution in [0.2, 0.25) is 0 Å². The number of carbonyl (C=O) groups excluding carboxylic acids is 2. The molecule has 3 aliphatic heterocycles. The second-order valence-electron chi connectivity index (χ2n) is 8.89. The van der Waals surface area contributed by atoms with Gasteiger partial charge >= 0.3 is 11.9 Å². The zero-order chi connectivity index (χ0) is 21.6. The zero-order valence-electron chi connectivity index (χ0n) is 18.0. The summed E-state index contributed by atoms with van der Waals surface area (Å²) in [4.78, 5) is 35.1. The van der Waals surface area contributed by atoms with Crippen LogP contribution in [0.1, 0.15) is 25.8 Å². The Balaban J connectivity index is 1.71. The van der Waals surface area contributed by atoms with Crippen molar-refractivity contribution in [1.82, 2.24) is 14.7 Å². The lowest BCUT2D eigenvalue weighted by atomic mass is 9.92. The fourth-order valence-electron chi connectivity index (χ4n) is 4.89. The maximum absolute atomic E-state index is 14.4. The predicted molar refractivity (Wildman–Crippen MR) is 112 cm³/mol. The van der Waals surface area contributed by atoms with Crippen molar-refractivity contribution < 1.29 is 18.6 Å². The lowest BCUT2D eigenvalue weighted by molar-refractivity contribution is -0.552. The predicted octanol–water partition coefficient (Wildman–Crippen LogP) is 2.02. The van der Waals surface area contributed by atoms with Crippen LogP contribution in [0.5, 0.6) is 0 Å². The van der Waals surface area contributed by atoms with Crippen LogP contribution in [-0.2, 0) is 11.3 Å². The van der Waals surface area contributed by atoms with Crippen molar-refractivity contribution in [3.63, 3.8) is 0 Å². The van der Waals surface area contributed by atoms with Crippen molar-refractivity contribution in [2.75, 3.05) is 33.7 Å². The monoisotopic (exact) mass is 414 g/mol. The Kier molecular flexibility index (Phi) is 5.44. The second kappa shape index (κ2) is 7.91. The van der Waals surface area contributed by atoms with Crippen LogP contribution in [0, 0.1) is 17.7 Å². The number of aliphatic imine (C=N–C) groups is 1. The highest BCUT2D eigenvalue weighted by Gasteiger charge is 2.53. The number of urea groups is 1. The molecule has 30 heavy (non-hydrogen) atoms. The number of halogens is 1. The van der Waals surface area contributed by atoms with Gasteiger partial charge in [-0.3, -0.25) is 19.5 Å². The van der Waals surface area contributed by atoms with Gasteiger partial charge in [-0.05, 0) is 29.3 Å². The fraction of sp³-hybridized carbons (Fsp3) is 0.545. The van der Waals surface area contributed by atoms with E-state index in [-0.39, 0.29) is 18.3 Å². The Hall–Kier alpha value is -2.61. The molecular formula is C22H29FN5O2+. The van der Waals surface area contributed by atoms with E-state index in [4.69, 9.17) is 4.99 Å². The number of benzene rings is 1. The van der Waals surface area contributed by atoms with Crippen LogP contribution >= 0.6 is 0 Å². The summed E-state index contributed by atoms with van der Waals surface area (Å²) in [6.07, 6.45) is 1.20. The molecular weight excluding hydrogens is 385 g/mol. The smallest absolute Gasteiger partial charge is 0.292 e. The number of rotatable bonds is 4. The standard InChI is InChI=1S/C22H29FN5O2/c1-14-9-15(2)11-27(10-14)13-18-24-20-19(21(29)26(4)22(30)25(20)3)28(18)12-16-7-5-6-8-17(16)23/h5-8,14-15,19H,9-13H2,1-4H3/q+1. The van der Waals surface area contributed by atoms with E-state index in [1.807, 2.05) is 4.58 Å². The Morgan fingerprint density at radius 1 is 1.10 bits per heavy atom. The molecule has 7 nitrogen and oxygen atoms in total. The number of amides is 3. The van der Waals surface area contributed by atoms with Gasteiger partial charge < -0.3 is 0 Å². The number of likely N-dealkylation sites (tertiary alicyclic amines) is 1. The summed E-state index contributed by atoms with van der Waals surface area (Å²) >= 11 is 0. The van der Waals surface area contributed by atoms with E-state index in [0.29, 0.717) is 35.6 Å². The number of imide groups is 1. The van der Waals surface area contributed by atoms with Crippen LogP contribution in [0.4, 0.5) is 9.18 Å². The van der Waals surface area contributed by atoms with Crippen molar-refractivity contribution in [2.45, 2.75) is 32.9 Å². The van der Waals surface area contributed by atoms with Gasteiger partial charge in [-0.2, -0.15) is 0 Å². The highest BCUT2D eigenvalue weighted by molar-refractivity contribution is 6.23. The Bertz CT molecular complexity index is 933. The molecule has 2 fully saturated rings. The average molecular weight is 415 g/mol. The van der Waals surface area contributed by atoms with Gasteiger partial charge in [0.2, 0.25) is 0 Å². The van der Waals surface area contributed by atoms with Gasteiger partial charge in [0.15, 0.2) is 0 Å². The Labute approximate surface area is 176 Å². The summed E-state index contributed by atoms with van der Waals surface area (Å²) in [5.41, 5.74) is 0.502. The maximum Gasteiger partial charge on any atom is 0.333 e. The first-order valence-corrected chi connectivity index (χ1v) is 10.5. The Morgan fingerprint density at radius 2 is 1.77 bits per heavy atom. The molecule has 8 heteroatoms. The number of fused-ring (bicyclic) bond motifs is 1. The third-order valence-corrected chi connectivity index (χ3v) is 6.22. The number of likely N-dealkylation sites (N-methyl/N-ethyl adjacent to an activating group) is 2. The molecule has 1 aromatic carbocycles. The molecule has 3 atom stereocenters. The number of hydrogen-bond donors (Lipinski definition) is 0. The number of carbonyl (C=O) groups is 2. The van der Waals surface area contributed by atoms with E-state index in [0.717, 1.165) is 18.0 Å². The average Bonchev–Trinajstić information content (AvgIpc) is 3.04. The summed E-state index contributed by atoms with van der Waals surface area (Å²) in [6.45, 7) is 7.20. The van der Waals surface area contributed by atoms with Crippen molar-refractivity contribution in [3.8, 4) is 0 Å². The van der Waals surface area contributed by atoms with E-state index in [9.17, 15) is 14.0 Å². The molecule has 1 aromatic rings. The third-order valence-electron chi connectivity index (χ3n) is 6.22. The molecule has 3 heterocycles. The number of amidine groups is 2. The van der Waals surface area contributed by atoms with Crippen molar-refractivity contribution in [2.24, 2.45) is 16.8 Å². The number of hydrogen-bond acceptors (Lipinski definition) is 4. The van der Waals surface area contributed by atoms with Crippen LogP contribution in [0.3, 0.4) is 0 Å². The minimum atomic E-state index is -0.716. The van der Waals surface area contributed by atoms with Gasteiger partial charge in [0.1, 0.15) is 18.9 Å². The van der Waals surface area contributed by atoms with Crippen LogP contribution < -0.4 is 0 Å². The molecule has 0 bridgehead atoms. The molecule has 0 N–H and O–H groups in total. The summed E-state index contributed by atoms with van der Waals surface area (Å²) < 4.78 is 16.3.